The summed E-state index contributed by atoms with van der Waals surface area (Å²) < 4.78 is 47.7. The van der Waals surface area contributed by atoms with Crippen LogP contribution in [0.2, 0.25) is 0 Å². The Kier molecular flexibility index (Phi) is 23.9. The molecule has 5 aliphatic heterocycles. The lowest BCUT2D eigenvalue weighted by atomic mass is 9.78. The predicted octanol–water partition coefficient (Wildman–Crippen LogP) is 6.55. The van der Waals surface area contributed by atoms with Gasteiger partial charge in [-0.3, -0.25) is 24.1 Å². The highest BCUT2D eigenvalue weighted by atomic mass is 16.6. The number of carbonyl (C=O) groups is 5. The molecule has 77 heavy (non-hydrogen) atoms. The van der Waals surface area contributed by atoms with Crippen molar-refractivity contribution in [2.45, 2.75) is 180 Å². The Balaban J connectivity index is 1.24. The number of Topliss-reactive ketones (excluding diaryl/α,β-unsaturated/α-hetero) is 3. The van der Waals surface area contributed by atoms with E-state index >= 15 is 0 Å². The number of rotatable bonds is 13. The maximum atomic E-state index is 14.7. The van der Waals surface area contributed by atoms with Crippen LogP contribution >= 0.6 is 0 Å². The number of aliphatic hydroxyl groups excluding tert-OH is 1. The third-order valence-corrected chi connectivity index (χ3v) is 17.4. The van der Waals surface area contributed by atoms with Crippen molar-refractivity contribution in [2.75, 3.05) is 80.5 Å². The van der Waals surface area contributed by atoms with E-state index in [2.05, 4.69) is 4.90 Å². The lowest BCUT2D eigenvalue weighted by Gasteiger charge is -2.55. The molecule has 2 N–H and O–H groups in total. The molecular weight excluding hydrogens is 989 g/mol. The maximum Gasteiger partial charge on any atom is 0.329 e. The molecular formula is C60H94N2O15. The molecule has 1 aliphatic carbocycles. The molecule has 6 rings (SSSR count). The summed E-state index contributed by atoms with van der Waals surface area (Å²) in [5, 5.41) is 23.7. The molecule has 2 bridgehead atoms. The SMILES string of the molecule is COCCO[C@H]1C[C@@H]2CC[C@@H](C)[C@@](O)(O2)C(=O)C(=O)N2CCCC[C@H]2C(=O)O[C@H]([C@H](C)C[C@@H]2CC[C@@H](OCCN3CC4(COC4)C3)[C@H](OC)C2)CC(=O)[C@H](C)/C=C(\C)[C@@H](O)[C@@H](OC)C(=O)[C@H](C)C[C@H](C)/C=C/C=C/C=C/1C. The minimum Gasteiger partial charge on any atom is -0.460 e. The van der Waals surface area contributed by atoms with Crippen LogP contribution in [0.5, 0.6) is 0 Å². The minimum atomic E-state index is -2.46. The van der Waals surface area contributed by atoms with Crippen molar-refractivity contribution in [3.8, 4) is 0 Å². The number of likely N-dealkylation sites (tertiary alicyclic amines) is 1. The Morgan fingerprint density at radius 3 is 2.26 bits per heavy atom. The van der Waals surface area contributed by atoms with Gasteiger partial charge in [0.15, 0.2) is 5.78 Å². The van der Waals surface area contributed by atoms with Gasteiger partial charge in [-0.15, -0.1) is 0 Å². The molecule has 17 nitrogen and oxygen atoms in total. The second-order valence-corrected chi connectivity index (χ2v) is 23.8. The van der Waals surface area contributed by atoms with Gasteiger partial charge in [0.2, 0.25) is 5.79 Å². The number of allylic oxidation sites excluding steroid dienone is 6. The Hall–Kier alpha value is -3.49. The molecule has 5 heterocycles. The van der Waals surface area contributed by atoms with Crippen molar-refractivity contribution in [2.24, 2.45) is 40.9 Å². The predicted molar refractivity (Wildman–Crippen MR) is 289 cm³/mol. The number of ketones is 3. The summed E-state index contributed by atoms with van der Waals surface area (Å²) >= 11 is 0. The van der Waals surface area contributed by atoms with Gasteiger partial charge in [0.25, 0.3) is 11.7 Å². The number of hydrogen-bond donors (Lipinski definition) is 2. The number of nitrogens with zero attached hydrogens (tertiary/aromatic N) is 2. The molecule has 0 aromatic carbocycles. The Labute approximate surface area is 458 Å². The van der Waals surface area contributed by atoms with Crippen molar-refractivity contribution in [1.29, 1.82) is 0 Å². The molecule has 1 amide bonds. The first-order valence-corrected chi connectivity index (χ1v) is 28.7. The first-order valence-electron chi connectivity index (χ1n) is 28.7. The lowest BCUT2D eigenvalue weighted by molar-refractivity contribution is -0.266. The second-order valence-electron chi connectivity index (χ2n) is 23.8. The molecule has 1 saturated carbocycles. The number of carbonyl (C=O) groups excluding carboxylic acids is 5. The molecule has 17 heteroatoms. The van der Waals surface area contributed by atoms with E-state index in [1.807, 2.05) is 58.1 Å². The summed E-state index contributed by atoms with van der Waals surface area (Å²) in [6, 6.07) is -1.15. The summed E-state index contributed by atoms with van der Waals surface area (Å²) in [5.74, 6) is -7.92. The fourth-order valence-electron chi connectivity index (χ4n) is 12.4. The highest BCUT2D eigenvalue weighted by Gasteiger charge is 2.53. The van der Waals surface area contributed by atoms with E-state index in [0.29, 0.717) is 62.7 Å². The lowest BCUT2D eigenvalue weighted by Crippen LogP contribution is -2.66. The largest absolute Gasteiger partial charge is 0.460 e. The third kappa shape index (κ3) is 16.6. The van der Waals surface area contributed by atoms with Crippen LogP contribution in [-0.2, 0) is 61.9 Å². The number of methoxy groups -OCH3 is 3. The van der Waals surface area contributed by atoms with E-state index in [9.17, 15) is 34.2 Å². The number of hydrogen-bond acceptors (Lipinski definition) is 16. The molecule has 434 valence electrons. The molecule has 0 radical (unpaired) electrons. The maximum absolute atomic E-state index is 14.7. The Morgan fingerprint density at radius 2 is 1.57 bits per heavy atom. The van der Waals surface area contributed by atoms with Crippen LogP contribution in [0.3, 0.4) is 0 Å². The van der Waals surface area contributed by atoms with E-state index in [-0.39, 0.29) is 73.9 Å². The Bertz CT molecular complexity index is 2100. The normalized spacial score (nSPS) is 38.5. The van der Waals surface area contributed by atoms with Gasteiger partial charge in [-0.05, 0) is 107 Å². The van der Waals surface area contributed by atoms with E-state index in [4.69, 9.17) is 37.9 Å². The molecule has 0 aromatic heterocycles. The van der Waals surface area contributed by atoms with Crippen LogP contribution in [0.4, 0.5) is 0 Å². The summed E-state index contributed by atoms with van der Waals surface area (Å²) in [6.07, 6.45) is 12.4. The van der Waals surface area contributed by atoms with E-state index in [1.165, 1.54) is 12.0 Å². The van der Waals surface area contributed by atoms with Crippen LogP contribution in [-0.4, -0.2) is 184 Å². The van der Waals surface area contributed by atoms with Gasteiger partial charge >= 0.3 is 5.97 Å². The van der Waals surface area contributed by atoms with E-state index in [1.54, 1.807) is 41.1 Å². The summed E-state index contributed by atoms with van der Waals surface area (Å²) in [5.41, 5.74) is 1.60. The first kappa shape index (κ1) is 62.7. The molecule has 15 atom stereocenters. The van der Waals surface area contributed by atoms with Crippen molar-refractivity contribution in [1.82, 2.24) is 9.80 Å². The second kappa shape index (κ2) is 29.3. The van der Waals surface area contributed by atoms with Gasteiger partial charge in [-0.2, -0.15) is 0 Å². The zero-order chi connectivity index (χ0) is 56.0. The fourth-order valence-corrected chi connectivity index (χ4v) is 12.4. The molecule has 0 aromatic rings. The van der Waals surface area contributed by atoms with Crippen LogP contribution in [0.15, 0.2) is 47.6 Å². The molecule has 0 unspecified atom stereocenters. The van der Waals surface area contributed by atoms with Crippen molar-refractivity contribution in [3.63, 3.8) is 0 Å². The van der Waals surface area contributed by atoms with Gasteiger partial charge in [-0.1, -0.05) is 71.1 Å². The topological polar surface area (TPSA) is 206 Å². The zero-order valence-corrected chi connectivity index (χ0v) is 48.0. The average molecular weight is 1080 g/mol. The summed E-state index contributed by atoms with van der Waals surface area (Å²) in [6.45, 7) is 18.8. The van der Waals surface area contributed by atoms with Gasteiger partial charge in [0.1, 0.15) is 30.1 Å². The number of amides is 1. The average Bonchev–Trinajstić information content (AvgIpc) is 3.40. The molecule has 5 fully saturated rings. The van der Waals surface area contributed by atoms with Gasteiger partial charge in [-0.25, -0.2) is 4.79 Å². The Morgan fingerprint density at radius 1 is 0.818 bits per heavy atom. The van der Waals surface area contributed by atoms with Crippen LogP contribution in [0.25, 0.3) is 0 Å². The van der Waals surface area contributed by atoms with Gasteiger partial charge < -0.3 is 53.0 Å². The number of aliphatic hydroxyl groups is 2. The quantitative estimate of drug-likeness (QED) is 0.0868. The van der Waals surface area contributed by atoms with Crippen molar-refractivity contribution < 1.29 is 72.1 Å². The van der Waals surface area contributed by atoms with Crippen molar-refractivity contribution >= 4 is 29.2 Å². The summed E-state index contributed by atoms with van der Waals surface area (Å²) in [4.78, 5) is 75.5. The first-order chi connectivity index (χ1) is 36.7. The van der Waals surface area contributed by atoms with Gasteiger partial charge in [0, 0.05) is 83.5 Å². The molecule has 1 spiro atoms. The number of cyclic esters (lactones) is 1. The zero-order valence-electron chi connectivity index (χ0n) is 48.0. The van der Waals surface area contributed by atoms with Crippen LogP contribution in [0.1, 0.15) is 126 Å². The van der Waals surface area contributed by atoms with Crippen molar-refractivity contribution in [3.05, 3.63) is 47.6 Å². The molecule has 4 saturated heterocycles. The van der Waals surface area contributed by atoms with Crippen LogP contribution in [0, 0.1) is 40.9 Å². The number of ether oxygens (including phenoxy) is 8. The highest BCUT2D eigenvalue weighted by Crippen LogP contribution is 2.40. The summed E-state index contributed by atoms with van der Waals surface area (Å²) in [7, 11) is 4.68. The highest BCUT2D eigenvalue weighted by molar-refractivity contribution is 6.39. The van der Waals surface area contributed by atoms with Crippen LogP contribution < -0.4 is 0 Å². The van der Waals surface area contributed by atoms with E-state index in [0.717, 1.165) is 57.7 Å². The number of esters is 1. The van der Waals surface area contributed by atoms with Gasteiger partial charge in [0.05, 0.1) is 57.5 Å². The number of fused-ring (bicyclic) bond motifs is 3. The monoisotopic (exact) mass is 1080 g/mol. The minimum absolute atomic E-state index is 0.00447. The molecule has 6 aliphatic rings. The number of piperidine rings is 1. The standard InChI is InChI=1S/C60H94N2O15/c1-38-16-12-11-13-17-39(2)50(75-27-26-70-8)32-46-21-19-44(7)60(69,77-46)56(66)57(67)62-23-15-14-18-47(62)58(68)76-51(33-48(63)40(3)29-43(6)54(65)55(72-10)53(64)42(5)28-38)41(4)30-45-20-22-49(52(31-45)71-9)74-25-24-61-34-59(35-61)36-73-37-59/h11-13,16-17,29,38,40-42,44-47,49-52,54-55,65,69H,14-15,18-28,30-37H2,1-10H3/b13-11+,16-12+,39-17+,43-29+/t38-,40-,41-,42-,44-,45+,46+,47+,49-,50+,51+,52-,54-,55+,60-/m1/s1. The fraction of sp³-hybridized carbons (Fsp3) is 0.783. The third-order valence-electron chi connectivity index (χ3n) is 17.4. The van der Waals surface area contributed by atoms with E-state index < -0.39 is 77.8 Å². The smallest absolute Gasteiger partial charge is 0.329 e.